The van der Waals surface area contributed by atoms with Crippen molar-refractivity contribution in [3.05, 3.63) is 57.2 Å². The first-order valence-corrected chi connectivity index (χ1v) is 6.77. The molecule has 0 fully saturated rings. The lowest BCUT2D eigenvalue weighted by Gasteiger charge is -2.11. The summed E-state index contributed by atoms with van der Waals surface area (Å²) >= 11 is 3.35. The van der Waals surface area contributed by atoms with Crippen LogP contribution in [0.25, 0.3) is 11.0 Å². The first-order chi connectivity index (χ1) is 9.65. The van der Waals surface area contributed by atoms with Crippen molar-refractivity contribution in [1.82, 2.24) is 19.7 Å². The minimum Gasteiger partial charge on any atom is -0.386 e. The lowest BCUT2D eigenvalue weighted by atomic mass is 10.1. The van der Waals surface area contributed by atoms with Crippen LogP contribution in [0.1, 0.15) is 11.7 Å². The van der Waals surface area contributed by atoms with E-state index in [0.717, 1.165) is 10.0 Å². The monoisotopic (exact) mass is 334 g/mol. The van der Waals surface area contributed by atoms with Crippen molar-refractivity contribution in [2.24, 2.45) is 0 Å². The average Bonchev–Trinajstić information content (AvgIpc) is 2.84. The molecule has 0 bridgehead atoms. The Morgan fingerprint density at radius 2 is 2.10 bits per heavy atom. The number of aliphatic hydroxyl groups excluding tert-OH is 1. The van der Waals surface area contributed by atoms with Gasteiger partial charge in [0.05, 0.1) is 25.2 Å². The number of hydrogen-bond acceptors (Lipinski definition) is 4. The topological polar surface area (TPSA) is 83.8 Å². The molecule has 1 aromatic carbocycles. The van der Waals surface area contributed by atoms with Gasteiger partial charge in [0, 0.05) is 4.47 Å². The van der Waals surface area contributed by atoms with Gasteiger partial charge in [0.1, 0.15) is 5.39 Å². The third-order valence-corrected chi connectivity index (χ3v) is 3.57. The molecule has 0 amide bonds. The van der Waals surface area contributed by atoms with Crippen LogP contribution < -0.4 is 5.56 Å². The zero-order chi connectivity index (χ0) is 14.1. The highest BCUT2D eigenvalue weighted by Crippen LogP contribution is 2.19. The lowest BCUT2D eigenvalue weighted by Crippen LogP contribution is -2.12. The number of fused-ring (bicyclic) bond motifs is 1. The van der Waals surface area contributed by atoms with Crippen LogP contribution in [-0.4, -0.2) is 24.9 Å². The number of nitrogens with one attached hydrogen (secondary N) is 1. The van der Waals surface area contributed by atoms with Gasteiger partial charge >= 0.3 is 0 Å². The van der Waals surface area contributed by atoms with E-state index < -0.39 is 6.10 Å². The molecule has 0 radical (unpaired) electrons. The molecule has 2 heterocycles. The number of aromatic amines is 1. The third kappa shape index (κ3) is 2.37. The molecule has 6 nitrogen and oxygen atoms in total. The zero-order valence-electron chi connectivity index (χ0n) is 10.3. The summed E-state index contributed by atoms with van der Waals surface area (Å²) in [5, 5.41) is 14.7. The van der Waals surface area contributed by atoms with E-state index in [9.17, 15) is 9.90 Å². The zero-order valence-corrected chi connectivity index (χ0v) is 11.9. The second-order valence-corrected chi connectivity index (χ2v) is 5.28. The lowest BCUT2D eigenvalue weighted by molar-refractivity contribution is 0.153. The van der Waals surface area contributed by atoms with E-state index >= 15 is 0 Å². The molecule has 0 aliphatic rings. The molecule has 7 heteroatoms. The van der Waals surface area contributed by atoms with E-state index in [2.05, 4.69) is 31.0 Å². The van der Waals surface area contributed by atoms with E-state index in [4.69, 9.17) is 0 Å². The van der Waals surface area contributed by atoms with Gasteiger partial charge in [-0.15, -0.1) is 0 Å². The first-order valence-electron chi connectivity index (χ1n) is 5.98. The fourth-order valence-electron chi connectivity index (χ4n) is 1.99. The number of aliphatic hydroxyl groups is 1. The Labute approximate surface area is 122 Å². The summed E-state index contributed by atoms with van der Waals surface area (Å²) < 4.78 is 2.48. The molecule has 20 heavy (non-hydrogen) atoms. The van der Waals surface area contributed by atoms with Crippen LogP contribution in [0.3, 0.4) is 0 Å². The van der Waals surface area contributed by atoms with Crippen LogP contribution in [-0.2, 0) is 6.54 Å². The molecular formula is C13H11BrN4O2. The van der Waals surface area contributed by atoms with Crippen LogP contribution in [0.15, 0.2) is 46.1 Å². The largest absolute Gasteiger partial charge is 0.386 e. The highest BCUT2D eigenvalue weighted by Gasteiger charge is 2.13. The van der Waals surface area contributed by atoms with Gasteiger partial charge in [-0.2, -0.15) is 5.10 Å². The van der Waals surface area contributed by atoms with Gasteiger partial charge in [-0.3, -0.25) is 4.79 Å². The van der Waals surface area contributed by atoms with E-state index in [1.54, 1.807) is 0 Å². The Balaban J connectivity index is 1.91. The van der Waals surface area contributed by atoms with Gasteiger partial charge in [0.2, 0.25) is 0 Å². The van der Waals surface area contributed by atoms with E-state index in [-0.39, 0.29) is 12.1 Å². The van der Waals surface area contributed by atoms with Crippen molar-refractivity contribution >= 4 is 27.0 Å². The van der Waals surface area contributed by atoms with Gasteiger partial charge < -0.3 is 10.1 Å². The highest BCUT2D eigenvalue weighted by atomic mass is 79.9. The second kappa shape index (κ2) is 5.18. The van der Waals surface area contributed by atoms with Crippen molar-refractivity contribution in [2.75, 3.05) is 0 Å². The number of nitrogens with zero attached hydrogens (tertiary/aromatic N) is 3. The molecule has 2 aromatic heterocycles. The van der Waals surface area contributed by atoms with Gasteiger partial charge in [-0.05, 0) is 17.7 Å². The quantitative estimate of drug-likeness (QED) is 0.762. The van der Waals surface area contributed by atoms with E-state index in [1.165, 1.54) is 17.2 Å². The fourth-order valence-corrected chi connectivity index (χ4v) is 2.26. The minimum absolute atomic E-state index is 0.237. The molecule has 3 rings (SSSR count). The maximum Gasteiger partial charge on any atom is 0.261 e. The first kappa shape index (κ1) is 13.0. The Kier molecular flexibility index (Phi) is 3.37. The summed E-state index contributed by atoms with van der Waals surface area (Å²) in [6.07, 6.45) is 2.07. The summed E-state index contributed by atoms with van der Waals surface area (Å²) in [7, 11) is 0. The Hall–Kier alpha value is -1.99. The summed E-state index contributed by atoms with van der Waals surface area (Å²) in [6.45, 7) is 0.238. The predicted molar refractivity (Wildman–Crippen MR) is 77.3 cm³/mol. The van der Waals surface area contributed by atoms with Crippen LogP contribution in [0.4, 0.5) is 0 Å². The fraction of sp³-hybridized carbons (Fsp3) is 0.154. The number of benzene rings is 1. The molecule has 0 saturated heterocycles. The molecule has 0 aliphatic carbocycles. The van der Waals surface area contributed by atoms with Gasteiger partial charge in [0.25, 0.3) is 5.56 Å². The number of aromatic nitrogens is 4. The number of rotatable bonds is 3. The number of H-pyrrole nitrogens is 1. The molecule has 1 atom stereocenters. The molecular weight excluding hydrogens is 324 g/mol. The van der Waals surface area contributed by atoms with Crippen molar-refractivity contribution < 1.29 is 5.11 Å². The van der Waals surface area contributed by atoms with E-state index in [1.807, 2.05) is 24.3 Å². The summed E-state index contributed by atoms with van der Waals surface area (Å²) in [6, 6.07) is 7.40. The normalized spacial score (nSPS) is 12.7. The van der Waals surface area contributed by atoms with Crippen LogP contribution in [0.5, 0.6) is 0 Å². The Morgan fingerprint density at radius 3 is 2.85 bits per heavy atom. The standard InChI is InChI=1S/C13H11BrN4O2/c14-9-3-1-8(2-4-9)11(19)6-18-12-10(5-17-18)13(20)16-7-15-12/h1-5,7,11,19H,6H2,(H,15,16,20). The number of halogens is 1. The summed E-state index contributed by atoms with van der Waals surface area (Å²) in [5.74, 6) is 0. The minimum atomic E-state index is -0.715. The highest BCUT2D eigenvalue weighted by molar-refractivity contribution is 9.10. The SMILES string of the molecule is O=c1[nH]cnc2c1cnn2CC(O)c1ccc(Br)cc1. The molecule has 2 N–H and O–H groups in total. The smallest absolute Gasteiger partial charge is 0.261 e. The molecule has 3 aromatic rings. The molecule has 102 valence electrons. The van der Waals surface area contributed by atoms with Crippen molar-refractivity contribution in [2.45, 2.75) is 12.6 Å². The molecule has 0 aliphatic heterocycles. The van der Waals surface area contributed by atoms with Crippen molar-refractivity contribution in [3.63, 3.8) is 0 Å². The molecule has 0 saturated carbocycles. The summed E-state index contributed by atoms with van der Waals surface area (Å²) in [5.41, 5.74) is 1.01. The Morgan fingerprint density at radius 1 is 1.35 bits per heavy atom. The number of hydrogen-bond donors (Lipinski definition) is 2. The van der Waals surface area contributed by atoms with Gasteiger partial charge in [0.15, 0.2) is 5.65 Å². The van der Waals surface area contributed by atoms with Gasteiger partial charge in [-0.1, -0.05) is 28.1 Å². The van der Waals surface area contributed by atoms with Gasteiger partial charge in [-0.25, -0.2) is 9.67 Å². The molecule has 0 spiro atoms. The maximum absolute atomic E-state index is 11.6. The summed E-state index contributed by atoms with van der Waals surface area (Å²) in [4.78, 5) is 18.1. The maximum atomic E-state index is 11.6. The third-order valence-electron chi connectivity index (χ3n) is 3.04. The average molecular weight is 335 g/mol. The van der Waals surface area contributed by atoms with Crippen LogP contribution in [0.2, 0.25) is 0 Å². The van der Waals surface area contributed by atoms with E-state index in [0.29, 0.717) is 11.0 Å². The van der Waals surface area contributed by atoms with Crippen LogP contribution in [0, 0.1) is 0 Å². The Bertz CT molecular complexity index is 794. The van der Waals surface area contributed by atoms with Crippen LogP contribution >= 0.6 is 15.9 Å². The predicted octanol–water partition coefficient (Wildman–Crippen LogP) is 1.62. The molecule has 1 unspecified atom stereocenters. The van der Waals surface area contributed by atoms with Crippen molar-refractivity contribution in [1.29, 1.82) is 0 Å². The second-order valence-electron chi connectivity index (χ2n) is 4.36. The van der Waals surface area contributed by atoms with Crippen molar-refractivity contribution in [3.8, 4) is 0 Å².